The van der Waals surface area contributed by atoms with Crippen molar-refractivity contribution in [2.75, 3.05) is 32.9 Å². The molecule has 0 spiro atoms. The molecule has 224 valence electrons. The first-order chi connectivity index (χ1) is 18.1. The Morgan fingerprint density at radius 1 is 0.868 bits per heavy atom. The molecule has 0 amide bonds. The maximum Gasteiger partial charge on any atom is 0.184 e. The predicted octanol–water partition coefficient (Wildman–Crippen LogP) is -6.32. The van der Waals surface area contributed by atoms with Crippen molar-refractivity contribution in [2.24, 2.45) is 11.7 Å². The summed E-state index contributed by atoms with van der Waals surface area (Å²) in [6, 6.07) is -2.39. The van der Waals surface area contributed by atoms with E-state index in [-0.39, 0.29) is 19.4 Å². The Hall–Kier alpha value is -0.600. The molecule has 0 aromatic rings. The van der Waals surface area contributed by atoms with Crippen LogP contribution in [0.5, 0.6) is 0 Å². The number of likely N-dealkylation sites (N-methyl/N-ethyl adjacent to an activating group) is 1. The van der Waals surface area contributed by atoms with Gasteiger partial charge in [-0.05, 0) is 13.0 Å². The maximum absolute atomic E-state index is 11.5. The fourth-order valence-electron chi connectivity index (χ4n) is 5.60. The molecular formula is C23H45N3O12. The Kier molecular flexibility index (Phi) is 12.0. The predicted molar refractivity (Wildman–Crippen MR) is 129 cm³/mol. The number of nitrogens with two attached hydrogens (primary N) is 1. The van der Waals surface area contributed by atoms with Crippen molar-refractivity contribution in [3.05, 3.63) is 0 Å². The maximum atomic E-state index is 11.5. The molecule has 0 aromatic carbocycles. The number of aliphatic hydroxyl groups excluding tert-OH is 9. The van der Waals surface area contributed by atoms with Gasteiger partial charge in [0.1, 0.15) is 36.6 Å². The summed E-state index contributed by atoms with van der Waals surface area (Å²) in [7, 11) is 0. The second-order valence-corrected chi connectivity index (χ2v) is 10.4. The van der Waals surface area contributed by atoms with Gasteiger partial charge in [-0.25, -0.2) is 0 Å². The molecule has 14 atom stereocenters. The van der Waals surface area contributed by atoms with Crippen LogP contribution in [-0.4, -0.2) is 164 Å². The van der Waals surface area contributed by atoms with E-state index in [2.05, 4.69) is 10.6 Å². The molecule has 0 radical (unpaired) electrons. The van der Waals surface area contributed by atoms with E-state index in [0.717, 1.165) is 0 Å². The van der Waals surface area contributed by atoms with E-state index in [1.807, 2.05) is 6.92 Å². The third-order valence-electron chi connectivity index (χ3n) is 7.77. The lowest BCUT2D eigenvalue weighted by Crippen LogP contribution is -2.70. The first-order valence-electron chi connectivity index (χ1n) is 13.2. The fourth-order valence-corrected chi connectivity index (χ4v) is 5.60. The highest BCUT2D eigenvalue weighted by molar-refractivity contribution is 5.07. The van der Waals surface area contributed by atoms with E-state index < -0.39 is 111 Å². The number of hydrogen-bond acceptors (Lipinski definition) is 15. The van der Waals surface area contributed by atoms with E-state index in [0.29, 0.717) is 6.54 Å². The van der Waals surface area contributed by atoms with E-state index in [4.69, 9.17) is 19.9 Å². The average Bonchev–Trinajstić information content (AvgIpc) is 2.89. The SMILES string of the molecule is CCNC[C@H]1O[C@H](C2[C@@H](N)C[C@@H](NC(CO)CO)[C@H](O[C@H]3O[C@H](CO)[C@@H](O)C[C@H]3O)[C@H]2O)[C@H](O)[C@@H](O)[C@@H]1O. The van der Waals surface area contributed by atoms with E-state index >= 15 is 0 Å². The van der Waals surface area contributed by atoms with Crippen molar-refractivity contribution in [1.82, 2.24) is 10.6 Å². The molecule has 1 saturated carbocycles. The second kappa shape index (κ2) is 14.3. The minimum Gasteiger partial charge on any atom is -0.395 e. The molecule has 3 rings (SSSR count). The van der Waals surface area contributed by atoms with E-state index in [9.17, 15) is 46.0 Å². The molecule has 38 heavy (non-hydrogen) atoms. The largest absolute Gasteiger partial charge is 0.395 e. The van der Waals surface area contributed by atoms with Crippen molar-refractivity contribution in [3.63, 3.8) is 0 Å². The molecule has 0 bridgehead atoms. The number of aliphatic hydroxyl groups is 9. The quantitative estimate of drug-likeness (QED) is 0.113. The van der Waals surface area contributed by atoms with Crippen LogP contribution in [0.1, 0.15) is 19.8 Å². The van der Waals surface area contributed by atoms with Gasteiger partial charge in [0.25, 0.3) is 0 Å². The monoisotopic (exact) mass is 555 g/mol. The van der Waals surface area contributed by atoms with Gasteiger partial charge in [0.15, 0.2) is 6.29 Å². The van der Waals surface area contributed by atoms with Gasteiger partial charge in [0.2, 0.25) is 0 Å². The Balaban J connectivity index is 1.87. The first kappa shape index (κ1) is 31.9. The minimum atomic E-state index is -1.59. The third kappa shape index (κ3) is 6.99. The van der Waals surface area contributed by atoms with Crippen molar-refractivity contribution < 1.29 is 60.2 Å². The highest BCUT2D eigenvalue weighted by atomic mass is 16.7. The van der Waals surface area contributed by atoms with Gasteiger partial charge in [-0.3, -0.25) is 0 Å². The van der Waals surface area contributed by atoms with Crippen LogP contribution in [-0.2, 0) is 14.2 Å². The molecular weight excluding hydrogens is 510 g/mol. The molecule has 1 unspecified atom stereocenters. The molecule has 0 aromatic heterocycles. The number of nitrogens with one attached hydrogen (secondary N) is 2. The number of hydrogen-bond donors (Lipinski definition) is 12. The van der Waals surface area contributed by atoms with Crippen LogP contribution in [0.3, 0.4) is 0 Å². The summed E-state index contributed by atoms with van der Waals surface area (Å²) in [5, 5.41) is 98.5. The zero-order valence-electron chi connectivity index (χ0n) is 21.4. The van der Waals surface area contributed by atoms with Gasteiger partial charge in [0, 0.05) is 31.0 Å². The smallest absolute Gasteiger partial charge is 0.184 e. The topological polar surface area (TPSA) is 260 Å². The van der Waals surface area contributed by atoms with Crippen LogP contribution < -0.4 is 16.4 Å². The van der Waals surface area contributed by atoms with Crippen LogP contribution in [0.4, 0.5) is 0 Å². The highest BCUT2D eigenvalue weighted by Crippen LogP contribution is 2.37. The number of ether oxygens (including phenoxy) is 3. The van der Waals surface area contributed by atoms with Crippen molar-refractivity contribution in [3.8, 4) is 0 Å². The molecule has 3 fully saturated rings. The van der Waals surface area contributed by atoms with Crippen molar-refractivity contribution in [2.45, 2.75) is 105 Å². The normalized spacial score (nSPS) is 46.4. The van der Waals surface area contributed by atoms with Gasteiger partial charge in [-0.1, -0.05) is 6.92 Å². The van der Waals surface area contributed by atoms with Gasteiger partial charge < -0.3 is 76.5 Å². The summed E-state index contributed by atoms with van der Waals surface area (Å²) in [6.07, 6.45) is -14.2. The van der Waals surface area contributed by atoms with Crippen molar-refractivity contribution >= 4 is 0 Å². The summed E-state index contributed by atoms with van der Waals surface area (Å²) < 4.78 is 17.5. The Morgan fingerprint density at radius 3 is 2.16 bits per heavy atom. The lowest BCUT2D eigenvalue weighted by Gasteiger charge is -2.52. The molecule has 2 saturated heterocycles. The van der Waals surface area contributed by atoms with Gasteiger partial charge >= 0.3 is 0 Å². The molecule has 1 aliphatic carbocycles. The Morgan fingerprint density at radius 2 is 1.55 bits per heavy atom. The van der Waals surface area contributed by atoms with Crippen molar-refractivity contribution in [1.29, 1.82) is 0 Å². The molecule has 2 heterocycles. The lowest BCUT2D eigenvalue weighted by molar-refractivity contribution is -0.307. The fraction of sp³-hybridized carbons (Fsp3) is 1.00. The van der Waals surface area contributed by atoms with E-state index in [1.54, 1.807) is 0 Å². The minimum absolute atomic E-state index is 0.0981. The zero-order valence-corrected chi connectivity index (χ0v) is 21.4. The summed E-state index contributed by atoms with van der Waals surface area (Å²) in [5.41, 5.74) is 6.44. The van der Waals surface area contributed by atoms with Crippen LogP contribution in [0.15, 0.2) is 0 Å². The molecule has 13 N–H and O–H groups in total. The zero-order chi connectivity index (χ0) is 28.1. The number of rotatable bonds is 11. The van der Waals surface area contributed by atoms with Crippen LogP contribution in [0.25, 0.3) is 0 Å². The van der Waals surface area contributed by atoms with E-state index in [1.165, 1.54) is 0 Å². The summed E-state index contributed by atoms with van der Waals surface area (Å²) in [6.45, 7) is 1.17. The van der Waals surface area contributed by atoms with Gasteiger partial charge in [0.05, 0.1) is 50.3 Å². The summed E-state index contributed by atoms with van der Waals surface area (Å²) >= 11 is 0. The second-order valence-electron chi connectivity index (χ2n) is 10.4. The molecule has 15 heteroatoms. The van der Waals surface area contributed by atoms with Crippen LogP contribution >= 0.6 is 0 Å². The highest BCUT2D eigenvalue weighted by Gasteiger charge is 2.55. The Bertz CT molecular complexity index is 709. The third-order valence-corrected chi connectivity index (χ3v) is 7.77. The summed E-state index contributed by atoms with van der Waals surface area (Å²) in [4.78, 5) is 0. The molecule has 3 aliphatic rings. The summed E-state index contributed by atoms with van der Waals surface area (Å²) in [5.74, 6) is -1.01. The van der Waals surface area contributed by atoms with Gasteiger partial charge in [-0.15, -0.1) is 0 Å². The standard InChI is InChI=1S/C23H45N3O12/c1-2-25-5-14-17(32)19(34)20(35)22(36-14)16-10(24)3-11(26-9(6-27)7-28)21(18(16)33)38-23-13(31)4-12(30)15(8-29)37-23/h9-23,25-35H,2-8,24H2,1H3/t10-,11+,12-,13+,14+,15+,16?,17+,18-,19-,20+,21-,22+,23+/m0/s1. The average molecular weight is 556 g/mol. The van der Waals surface area contributed by atoms with Crippen LogP contribution in [0, 0.1) is 5.92 Å². The molecule has 15 nitrogen and oxygen atoms in total. The van der Waals surface area contributed by atoms with Crippen LogP contribution in [0.2, 0.25) is 0 Å². The van der Waals surface area contributed by atoms with Gasteiger partial charge in [-0.2, -0.15) is 0 Å². The first-order valence-corrected chi connectivity index (χ1v) is 13.2. The molecule has 2 aliphatic heterocycles. The lowest BCUT2D eigenvalue weighted by atomic mass is 9.72. The Labute approximate surface area is 221 Å².